The Morgan fingerprint density at radius 3 is 2.21 bits per heavy atom. The van der Waals surface area contributed by atoms with Crippen molar-refractivity contribution in [2.75, 3.05) is 13.7 Å². The van der Waals surface area contributed by atoms with E-state index >= 15 is 0 Å². The number of hydrogen-bond donors (Lipinski definition) is 1. The highest BCUT2D eigenvalue weighted by molar-refractivity contribution is 6.34. The summed E-state index contributed by atoms with van der Waals surface area (Å²) in [5.41, 5.74) is -0.342. The molecule has 252 valence electrons. The van der Waals surface area contributed by atoms with Crippen LogP contribution in [0.25, 0.3) is 16.8 Å². The molecule has 4 rings (SSSR count). The molecule has 0 atom stereocenters. The van der Waals surface area contributed by atoms with Crippen molar-refractivity contribution in [2.24, 2.45) is 0 Å². The first-order valence-corrected chi connectivity index (χ1v) is 15.5. The molecule has 1 aliphatic carbocycles. The molecule has 3 aromatic rings. The van der Waals surface area contributed by atoms with Crippen LogP contribution in [-0.4, -0.2) is 47.1 Å². The Labute approximate surface area is 281 Å². The van der Waals surface area contributed by atoms with Gasteiger partial charge in [-0.15, -0.1) is 5.10 Å². The van der Waals surface area contributed by atoms with E-state index in [0.29, 0.717) is 32.6 Å². The molecule has 0 spiro atoms. The first-order valence-electron chi connectivity index (χ1n) is 14.7. The Balaban J connectivity index is 0.00000294. The maximum absolute atomic E-state index is 14.3. The first kappa shape index (κ1) is 37.2. The Hall–Kier alpha value is -4.22. The van der Waals surface area contributed by atoms with E-state index in [9.17, 15) is 22.8 Å². The van der Waals surface area contributed by atoms with Gasteiger partial charge in [-0.3, -0.25) is 9.59 Å². The van der Waals surface area contributed by atoms with Crippen molar-refractivity contribution in [1.82, 2.24) is 15.1 Å². The van der Waals surface area contributed by atoms with Crippen molar-refractivity contribution in [3.05, 3.63) is 93.8 Å². The third kappa shape index (κ3) is 10.7. The SMILES string of the molecule is CC.COc1ccc(-c2cn(-c3cc(Cl)cc(Cl)c3)nc2OC2=CC=C(C(=O)NCCC(=O)OC(C)(C)C)CC=C2C(F)(F)F)cc1. The third-order valence-corrected chi connectivity index (χ3v) is 6.70. The van der Waals surface area contributed by atoms with E-state index in [1.807, 2.05) is 13.8 Å². The summed E-state index contributed by atoms with van der Waals surface area (Å²) in [5, 5.41) is 7.64. The van der Waals surface area contributed by atoms with Gasteiger partial charge in [0.15, 0.2) is 0 Å². The fourth-order valence-electron chi connectivity index (χ4n) is 4.25. The van der Waals surface area contributed by atoms with E-state index in [1.54, 1.807) is 63.4 Å². The number of benzene rings is 2. The second-order valence-electron chi connectivity index (χ2n) is 10.9. The van der Waals surface area contributed by atoms with E-state index in [4.69, 9.17) is 37.4 Å². The molecule has 1 aliphatic rings. The molecule has 0 bridgehead atoms. The second-order valence-corrected chi connectivity index (χ2v) is 11.8. The highest BCUT2D eigenvalue weighted by atomic mass is 35.5. The van der Waals surface area contributed by atoms with E-state index in [2.05, 4.69) is 10.4 Å². The Morgan fingerprint density at radius 2 is 1.64 bits per heavy atom. The maximum atomic E-state index is 14.3. The van der Waals surface area contributed by atoms with Crippen LogP contribution in [0.2, 0.25) is 10.0 Å². The number of amides is 1. The fourth-order valence-corrected chi connectivity index (χ4v) is 4.77. The molecule has 1 aromatic heterocycles. The molecule has 0 saturated heterocycles. The van der Waals surface area contributed by atoms with Gasteiger partial charge in [0.2, 0.25) is 11.8 Å². The summed E-state index contributed by atoms with van der Waals surface area (Å²) in [6, 6.07) is 11.5. The lowest BCUT2D eigenvalue weighted by atomic mass is 10.1. The van der Waals surface area contributed by atoms with Gasteiger partial charge in [-0.2, -0.15) is 13.2 Å². The van der Waals surface area contributed by atoms with E-state index < -0.39 is 35.0 Å². The second kappa shape index (κ2) is 16.1. The van der Waals surface area contributed by atoms with Crippen LogP contribution >= 0.6 is 23.2 Å². The molecule has 47 heavy (non-hydrogen) atoms. The highest BCUT2D eigenvalue weighted by Crippen LogP contribution is 2.38. The van der Waals surface area contributed by atoms with Crippen molar-refractivity contribution in [3.63, 3.8) is 0 Å². The number of ether oxygens (including phenoxy) is 3. The number of alkyl halides is 3. The quantitative estimate of drug-likeness (QED) is 0.225. The van der Waals surface area contributed by atoms with Crippen LogP contribution in [0.15, 0.2) is 83.8 Å². The van der Waals surface area contributed by atoms with Crippen molar-refractivity contribution in [3.8, 4) is 28.4 Å². The van der Waals surface area contributed by atoms with Gasteiger partial charge in [-0.05, 0) is 75.2 Å². The number of carbonyl (C=O) groups excluding carboxylic acids is 2. The topological polar surface area (TPSA) is 91.7 Å². The summed E-state index contributed by atoms with van der Waals surface area (Å²) in [6.07, 6.45) is -0.482. The van der Waals surface area contributed by atoms with Gasteiger partial charge in [0.1, 0.15) is 17.1 Å². The molecule has 8 nitrogen and oxygen atoms in total. The van der Waals surface area contributed by atoms with Crippen LogP contribution in [-0.2, 0) is 14.3 Å². The number of methoxy groups -OCH3 is 1. The lowest BCUT2D eigenvalue weighted by Gasteiger charge is -2.19. The van der Waals surface area contributed by atoms with Crippen molar-refractivity contribution < 1.29 is 37.0 Å². The molecular formula is C34H36Cl2F3N3O5. The van der Waals surface area contributed by atoms with E-state index in [-0.39, 0.29) is 30.8 Å². The van der Waals surface area contributed by atoms with E-state index in [0.717, 1.165) is 12.2 Å². The predicted molar refractivity (Wildman–Crippen MR) is 176 cm³/mol. The molecule has 2 aromatic carbocycles. The highest BCUT2D eigenvalue weighted by Gasteiger charge is 2.38. The largest absolute Gasteiger partial charge is 0.497 e. The fraction of sp³-hybridized carbons (Fsp3) is 0.324. The number of hydrogen-bond acceptors (Lipinski definition) is 6. The summed E-state index contributed by atoms with van der Waals surface area (Å²) >= 11 is 12.4. The Kier molecular flexibility index (Phi) is 12.7. The molecule has 0 radical (unpaired) electrons. The van der Waals surface area contributed by atoms with Crippen LogP contribution in [0, 0.1) is 0 Å². The summed E-state index contributed by atoms with van der Waals surface area (Å²) in [4.78, 5) is 24.7. The molecule has 0 aliphatic heterocycles. The molecule has 1 amide bonds. The minimum absolute atomic E-state index is 0.0361. The lowest BCUT2D eigenvalue weighted by Crippen LogP contribution is -2.30. The first-order chi connectivity index (χ1) is 22.1. The summed E-state index contributed by atoms with van der Waals surface area (Å²) in [5.74, 6) is -1.28. The molecule has 0 unspecified atom stereocenters. The smallest absolute Gasteiger partial charge is 0.419 e. The van der Waals surface area contributed by atoms with Crippen molar-refractivity contribution >= 4 is 35.1 Å². The maximum Gasteiger partial charge on any atom is 0.419 e. The van der Waals surface area contributed by atoms with Crippen LogP contribution in [0.4, 0.5) is 13.2 Å². The third-order valence-electron chi connectivity index (χ3n) is 6.26. The van der Waals surface area contributed by atoms with Gasteiger partial charge < -0.3 is 19.5 Å². The van der Waals surface area contributed by atoms with Crippen molar-refractivity contribution in [2.45, 2.75) is 59.2 Å². The summed E-state index contributed by atoms with van der Waals surface area (Å²) in [7, 11) is 1.51. The number of carbonyl (C=O) groups is 2. The molecule has 1 heterocycles. The zero-order valence-corrected chi connectivity index (χ0v) is 28.3. The number of allylic oxidation sites excluding steroid dienone is 4. The van der Waals surface area contributed by atoms with Gasteiger partial charge in [-0.1, -0.05) is 55.3 Å². The standard InChI is InChI=1S/C32H30Cl2F3N3O5.C2H6/c1-31(2,3)45-28(41)13-14-38-29(42)20-7-11-26(32(35,36)37)27(12-8-20)44-30-25(19-5-9-24(43-4)10-6-19)18-40(39-30)23-16-21(33)15-22(34)17-23;1-2/h5-6,8-12,15-18H,7,13-14H2,1-4H3,(H,38,42);1-2H3. The van der Waals surface area contributed by atoms with Crippen molar-refractivity contribution in [1.29, 1.82) is 0 Å². The van der Waals surface area contributed by atoms with Gasteiger partial charge in [0.25, 0.3) is 0 Å². The number of rotatable bonds is 9. The summed E-state index contributed by atoms with van der Waals surface area (Å²) in [6.45, 7) is 9.10. The van der Waals surface area contributed by atoms with Crippen LogP contribution in [0.3, 0.4) is 0 Å². The van der Waals surface area contributed by atoms with Crippen LogP contribution in [0.1, 0.15) is 47.5 Å². The van der Waals surface area contributed by atoms with Gasteiger partial charge in [-0.25, -0.2) is 4.68 Å². The average molecular weight is 695 g/mol. The Bertz CT molecular complexity index is 1650. The van der Waals surface area contributed by atoms with Gasteiger partial charge in [0, 0.05) is 28.4 Å². The number of halogens is 5. The molecule has 0 fully saturated rings. The molecule has 13 heteroatoms. The minimum Gasteiger partial charge on any atom is -0.497 e. The number of nitrogens with zero attached hydrogens (tertiary/aromatic N) is 2. The number of nitrogens with one attached hydrogen (secondary N) is 1. The Morgan fingerprint density at radius 1 is 1.00 bits per heavy atom. The van der Waals surface area contributed by atoms with Crippen LogP contribution < -0.4 is 14.8 Å². The zero-order chi connectivity index (χ0) is 34.9. The van der Waals surface area contributed by atoms with Gasteiger partial charge >= 0.3 is 12.1 Å². The van der Waals surface area contributed by atoms with E-state index in [1.165, 1.54) is 23.9 Å². The zero-order valence-electron chi connectivity index (χ0n) is 26.8. The number of aromatic nitrogens is 2. The minimum atomic E-state index is -4.81. The molecule has 1 N–H and O–H groups in total. The molecule has 0 saturated carbocycles. The van der Waals surface area contributed by atoms with Crippen LogP contribution in [0.5, 0.6) is 11.6 Å². The average Bonchev–Trinajstić information content (AvgIpc) is 3.28. The lowest BCUT2D eigenvalue weighted by molar-refractivity contribution is -0.154. The monoisotopic (exact) mass is 693 g/mol. The normalized spacial score (nSPS) is 13.2. The molecular weight excluding hydrogens is 658 g/mol. The predicted octanol–water partition coefficient (Wildman–Crippen LogP) is 8.81. The van der Waals surface area contributed by atoms with Gasteiger partial charge in [0.05, 0.1) is 30.4 Å². The number of esters is 1. The summed E-state index contributed by atoms with van der Waals surface area (Å²) < 4.78 is 60.5.